The van der Waals surface area contributed by atoms with Crippen molar-refractivity contribution in [3.8, 4) is 5.75 Å². The lowest BCUT2D eigenvalue weighted by Crippen LogP contribution is -2.50. The molecular weight excluding hydrogens is 434 g/mol. The van der Waals surface area contributed by atoms with Crippen LogP contribution in [0, 0.1) is 6.92 Å². The van der Waals surface area contributed by atoms with Crippen molar-refractivity contribution in [2.24, 2.45) is 0 Å². The van der Waals surface area contributed by atoms with Crippen LogP contribution in [-0.4, -0.2) is 63.3 Å². The molecule has 1 aliphatic heterocycles. The highest BCUT2D eigenvalue weighted by atomic mass is 32.2. The quantitative estimate of drug-likeness (QED) is 0.564. The van der Waals surface area contributed by atoms with E-state index in [9.17, 15) is 13.2 Å². The van der Waals surface area contributed by atoms with Crippen LogP contribution in [0.1, 0.15) is 11.1 Å². The molecule has 0 radical (unpaired) electrons. The SMILES string of the molecule is COc1ccc(C)c2sc(N3CCN(C(=O)CS(=O)(=O)Cc4ccccc4)CC3)nc12. The number of piperazine rings is 1. The normalized spacial score (nSPS) is 14.8. The fourth-order valence-electron chi connectivity index (χ4n) is 3.70. The molecule has 0 atom stereocenters. The smallest absolute Gasteiger partial charge is 0.237 e. The van der Waals surface area contributed by atoms with Crippen LogP contribution in [0.2, 0.25) is 0 Å². The molecule has 164 valence electrons. The Morgan fingerprint density at radius 3 is 2.48 bits per heavy atom. The molecule has 0 aliphatic carbocycles. The van der Waals surface area contributed by atoms with Crippen LogP contribution in [0.4, 0.5) is 5.13 Å². The summed E-state index contributed by atoms with van der Waals surface area (Å²) in [5.74, 6) is -0.163. The first-order chi connectivity index (χ1) is 14.9. The second-order valence-corrected chi connectivity index (χ2v) is 10.7. The molecule has 1 saturated heterocycles. The van der Waals surface area contributed by atoms with Crippen molar-refractivity contribution in [1.29, 1.82) is 0 Å². The molecule has 3 aromatic rings. The number of rotatable bonds is 6. The van der Waals surface area contributed by atoms with Gasteiger partial charge >= 0.3 is 0 Å². The van der Waals surface area contributed by atoms with Crippen LogP contribution < -0.4 is 9.64 Å². The molecule has 9 heteroatoms. The summed E-state index contributed by atoms with van der Waals surface area (Å²) in [7, 11) is -1.87. The van der Waals surface area contributed by atoms with Gasteiger partial charge in [0.2, 0.25) is 5.91 Å². The molecule has 31 heavy (non-hydrogen) atoms. The Labute approximate surface area is 186 Å². The zero-order chi connectivity index (χ0) is 22.0. The minimum atomic E-state index is -3.51. The molecule has 1 fully saturated rings. The third-order valence-corrected chi connectivity index (χ3v) is 8.10. The van der Waals surface area contributed by atoms with Gasteiger partial charge in [-0.1, -0.05) is 47.7 Å². The van der Waals surface area contributed by atoms with E-state index in [0.717, 1.165) is 26.7 Å². The lowest BCUT2D eigenvalue weighted by molar-refractivity contribution is -0.128. The Balaban J connectivity index is 1.39. The standard InChI is InChI=1S/C22H25N3O4S2/c1-16-8-9-18(29-2)20-21(16)30-22(23-20)25-12-10-24(11-13-25)19(26)15-31(27,28)14-17-6-4-3-5-7-17/h3-9H,10-15H2,1-2H3. The van der Waals surface area contributed by atoms with Gasteiger partial charge in [-0.2, -0.15) is 0 Å². The highest BCUT2D eigenvalue weighted by Crippen LogP contribution is 2.36. The number of anilines is 1. The Bertz CT molecular complexity index is 1180. The zero-order valence-corrected chi connectivity index (χ0v) is 19.2. The molecule has 0 unspecified atom stereocenters. The average Bonchev–Trinajstić information content (AvgIpc) is 3.21. The van der Waals surface area contributed by atoms with Crippen molar-refractivity contribution in [3.05, 3.63) is 53.6 Å². The number of hydrogen-bond acceptors (Lipinski definition) is 7. The van der Waals surface area contributed by atoms with Crippen LogP contribution in [0.3, 0.4) is 0 Å². The molecule has 1 aliphatic rings. The van der Waals surface area contributed by atoms with E-state index in [4.69, 9.17) is 9.72 Å². The van der Waals surface area contributed by atoms with Gasteiger partial charge in [0.05, 0.1) is 17.6 Å². The van der Waals surface area contributed by atoms with E-state index in [1.807, 2.05) is 18.2 Å². The molecule has 0 bridgehead atoms. The number of thiazole rings is 1. The molecule has 0 saturated carbocycles. The molecule has 1 aromatic heterocycles. The number of amides is 1. The minimum absolute atomic E-state index is 0.119. The lowest BCUT2D eigenvalue weighted by Gasteiger charge is -2.34. The third-order valence-electron chi connectivity index (χ3n) is 5.39. The van der Waals surface area contributed by atoms with E-state index in [-0.39, 0.29) is 11.7 Å². The number of fused-ring (bicyclic) bond motifs is 1. The van der Waals surface area contributed by atoms with Crippen molar-refractivity contribution in [2.45, 2.75) is 12.7 Å². The first-order valence-corrected chi connectivity index (χ1v) is 12.7. The maximum Gasteiger partial charge on any atom is 0.237 e. The van der Waals surface area contributed by atoms with Crippen molar-refractivity contribution in [1.82, 2.24) is 9.88 Å². The number of benzene rings is 2. The Morgan fingerprint density at radius 1 is 1.10 bits per heavy atom. The Morgan fingerprint density at radius 2 is 1.81 bits per heavy atom. The van der Waals surface area contributed by atoms with Gasteiger partial charge in [-0.25, -0.2) is 13.4 Å². The summed E-state index contributed by atoms with van der Waals surface area (Å²) >= 11 is 1.62. The first kappa shape index (κ1) is 21.6. The number of methoxy groups -OCH3 is 1. The van der Waals surface area contributed by atoms with Gasteiger partial charge in [0, 0.05) is 26.2 Å². The molecule has 2 aromatic carbocycles. The fraction of sp³-hybridized carbons (Fsp3) is 0.364. The summed E-state index contributed by atoms with van der Waals surface area (Å²) in [6.45, 7) is 4.24. The summed E-state index contributed by atoms with van der Waals surface area (Å²) in [5, 5.41) is 0.895. The number of carbonyl (C=O) groups is 1. The second kappa shape index (κ2) is 8.84. The number of aromatic nitrogens is 1. The van der Waals surface area contributed by atoms with Gasteiger partial charge in [-0.05, 0) is 24.1 Å². The van der Waals surface area contributed by atoms with Crippen molar-refractivity contribution in [3.63, 3.8) is 0 Å². The van der Waals surface area contributed by atoms with Gasteiger partial charge in [0.15, 0.2) is 15.0 Å². The Hall–Kier alpha value is -2.65. The summed E-state index contributed by atoms with van der Waals surface area (Å²) < 4.78 is 31.4. The summed E-state index contributed by atoms with van der Waals surface area (Å²) in [4.78, 5) is 21.2. The van der Waals surface area contributed by atoms with Crippen molar-refractivity contribution >= 4 is 42.4 Å². The van der Waals surface area contributed by atoms with E-state index in [1.165, 1.54) is 0 Å². The number of nitrogens with zero attached hydrogens (tertiary/aromatic N) is 3. The number of ether oxygens (including phenoxy) is 1. The highest BCUT2D eigenvalue weighted by Gasteiger charge is 2.27. The van der Waals surface area contributed by atoms with E-state index in [2.05, 4.69) is 11.8 Å². The van der Waals surface area contributed by atoms with Crippen LogP contribution in [-0.2, 0) is 20.4 Å². The van der Waals surface area contributed by atoms with Crippen LogP contribution in [0.15, 0.2) is 42.5 Å². The third kappa shape index (κ3) is 4.83. The van der Waals surface area contributed by atoms with Crippen LogP contribution >= 0.6 is 11.3 Å². The van der Waals surface area contributed by atoms with Gasteiger partial charge in [0.1, 0.15) is 17.0 Å². The van der Waals surface area contributed by atoms with Crippen LogP contribution in [0.5, 0.6) is 5.75 Å². The summed E-state index contributed by atoms with van der Waals surface area (Å²) in [5.41, 5.74) is 2.70. The maximum atomic E-state index is 12.6. The van der Waals surface area contributed by atoms with Gasteiger partial charge in [-0.3, -0.25) is 4.79 Å². The molecule has 0 spiro atoms. The zero-order valence-electron chi connectivity index (χ0n) is 17.6. The number of carbonyl (C=O) groups excluding carboxylic acids is 1. The summed E-state index contributed by atoms with van der Waals surface area (Å²) in [6.07, 6.45) is 0. The molecule has 4 rings (SSSR count). The van der Waals surface area contributed by atoms with Gasteiger partial charge in [0.25, 0.3) is 0 Å². The maximum absolute atomic E-state index is 12.6. The van der Waals surface area contributed by atoms with Crippen molar-refractivity contribution < 1.29 is 17.9 Å². The predicted octanol–water partition coefficient (Wildman–Crippen LogP) is 2.88. The van der Waals surface area contributed by atoms with E-state index < -0.39 is 15.6 Å². The summed E-state index contributed by atoms with van der Waals surface area (Å²) in [6, 6.07) is 12.9. The molecule has 7 nitrogen and oxygen atoms in total. The predicted molar refractivity (Wildman–Crippen MR) is 124 cm³/mol. The molecular formula is C22H25N3O4S2. The molecule has 2 heterocycles. The van der Waals surface area contributed by atoms with Crippen molar-refractivity contribution in [2.75, 3.05) is 43.9 Å². The van der Waals surface area contributed by atoms with Gasteiger partial charge < -0.3 is 14.5 Å². The lowest BCUT2D eigenvalue weighted by atomic mass is 10.2. The first-order valence-electron chi connectivity index (χ1n) is 10.1. The van der Waals surface area contributed by atoms with E-state index in [0.29, 0.717) is 31.7 Å². The number of hydrogen-bond donors (Lipinski definition) is 0. The largest absolute Gasteiger partial charge is 0.494 e. The van der Waals surface area contributed by atoms with Gasteiger partial charge in [-0.15, -0.1) is 0 Å². The highest BCUT2D eigenvalue weighted by molar-refractivity contribution is 7.91. The topological polar surface area (TPSA) is 79.8 Å². The minimum Gasteiger partial charge on any atom is -0.494 e. The Kier molecular flexibility index (Phi) is 6.15. The average molecular weight is 460 g/mol. The van der Waals surface area contributed by atoms with E-state index >= 15 is 0 Å². The second-order valence-electron chi connectivity index (χ2n) is 7.64. The number of aryl methyl sites for hydroxylation is 1. The van der Waals surface area contributed by atoms with Crippen LogP contribution in [0.25, 0.3) is 10.2 Å². The molecule has 0 N–H and O–H groups in total. The monoisotopic (exact) mass is 459 g/mol. The number of sulfone groups is 1. The van der Waals surface area contributed by atoms with E-state index in [1.54, 1.807) is 47.6 Å². The molecule has 1 amide bonds. The fourth-order valence-corrected chi connectivity index (χ4v) is 6.17.